The molecule has 0 radical (unpaired) electrons. The molecule has 0 bridgehead atoms. The normalized spacial score (nSPS) is 11.3. The van der Waals surface area contributed by atoms with Crippen LogP contribution in [0.5, 0.6) is 0 Å². The number of aryl methyl sites for hydroxylation is 2. The topological polar surface area (TPSA) is 78.2 Å². The third-order valence-electron chi connectivity index (χ3n) is 5.29. The number of rotatable bonds is 4. The lowest BCUT2D eigenvalue weighted by molar-refractivity contribution is 0.370. The van der Waals surface area contributed by atoms with E-state index in [0.717, 1.165) is 11.3 Å². The quantitative estimate of drug-likeness (QED) is 0.417. The van der Waals surface area contributed by atoms with Crippen LogP contribution in [0.2, 0.25) is 5.02 Å². The zero-order valence-corrected chi connectivity index (χ0v) is 17.7. The Hall–Kier alpha value is -3.71. The standard InChI is InChI=1S/C23H18ClN5O2/c1-14-7-8-16(11-15(14)2)19-12-20-23(30)28(9-10-29(20)26-19)13-21-25-22(27-31-21)17-5-3-4-6-18(17)24/h3-12H,13H2,1-2H3. The summed E-state index contributed by atoms with van der Waals surface area (Å²) in [5, 5.41) is 9.08. The Morgan fingerprint density at radius 3 is 2.68 bits per heavy atom. The molecule has 5 rings (SSSR count). The zero-order chi connectivity index (χ0) is 21.5. The van der Waals surface area contributed by atoms with E-state index in [9.17, 15) is 4.79 Å². The van der Waals surface area contributed by atoms with Crippen molar-refractivity contribution in [2.75, 3.05) is 0 Å². The highest BCUT2D eigenvalue weighted by molar-refractivity contribution is 6.33. The highest BCUT2D eigenvalue weighted by Gasteiger charge is 2.14. The first kappa shape index (κ1) is 19.3. The number of hydrogen-bond acceptors (Lipinski definition) is 5. The molecule has 3 aromatic heterocycles. The Morgan fingerprint density at radius 2 is 1.87 bits per heavy atom. The van der Waals surface area contributed by atoms with Crippen LogP contribution in [0.4, 0.5) is 0 Å². The fraction of sp³-hybridized carbons (Fsp3) is 0.130. The number of aromatic nitrogens is 5. The van der Waals surface area contributed by atoms with Gasteiger partial charge in [0.15, 0.2) is 0 Å². The van der Waals surface area contributed by atoms with Crippen LogP contribution in [-0.4, -0.2) is 24.3 Å². The van der Waals surface area contributed by atoms with Crippen LogP contribution in [0.15, 0.2) is 70.2 Å². The Bertz CT molecular complexity index is 1480. The van der Waals surface area contributed by atoms with Crippen LogP contribution in [0.3, 0.4) is 0 Å². The van der Waals surface area contributed by atoms with Crippen molar-refractivity contribution in [3.8, 4) is 22.6 Å². The van der Waals surface area contributed by atoms with Gasteiger partial charge in [0.25, 0.3) is 5.56 Å². The Morgan fingerprint density at radius 1 is 1.03 bits per heavy atom. The minimum absolute atomic E-state index is 0.150. The summed E-state index contributed by atoms with van der Waals surface area (Å²) in [6, 6.07) is 15.2. The van der Waals surface area contributed by atoms with Crippen LogP contribution in [-0.2, 0) is 6.54 Å². The molecular formula is C23H18ClN5O2. The van der Waals surface area contributed by atoms with Gasteiger partial charge in [-0.15, -0.1) is 0 Å². The lowest BCUT2D eigenvalue weighted by Gasteiger charge is -2.02. The van der Waals surface area contributed by atoms with Gasteiger partial charge < -0.3 is 9.09 Å². The van der Waals surface area contributed by atoms with Crippen molar-refractivity contribution < 1.29 is 4.52 Å². The summed E-state index contributed by atoms with van der Waals surface area (Å²) in [5.41, 5.74) is 5.07. The molecule has 0 unspecified atom stereocenters. The maximum Gasteiger partial charge on any atom is 0.277 e. The second-order valence-electron chi connectivity index (χ2n) is 7.38. The molecule has 0 spiro atoms. The van der Waals surface area contributed by atoms with Crippen molar-refractivity contribution in [1.29, 1.82) is 0 Å². The predicted octanol–water partition coefficient (Wildman–Crippen LogP) is 4.53. The van der Waals surface area contributed by atoms with E-state index in [0.29, 0.717) is 27.8 Å². The summed E-state index contributed by atoms with van der Waals surface area (Å²) in [5.74, 6) is 0.700. The van der Waals surface area contributed by atoms with Gasteiger partial charge in [0.05, 0.1) is 10.7 Å². The van der Waals surface area contributed by atoms with E-state index in [1.54, 1.807) is 29.0 Å². The Kier molecular flexibility index (Phi) is 4.67. The van der Waals surface area contributed by atoms with E-state index in [-0.39, 0.29) is 12.1 Å². The number of hydrogen-bond donors (Lipinski definition) is 0. The van der Waals surface area contributed by atoms with E-state index in [2.05, 4.69) is 41.2 Å². The molecule has 2 aromatic carbocycles. The SMILES string of the molecule is Cc1ccc(-c2cc3c(=O)n(Cc4nc(-c5ccccc5Cl)no4)ccn3n2)cc1C. The second-order valence-corrected chi connectivity index (χ2v) is 7.79. The number of fused-ring (bicyclic) bond motifs is 1. The van der Waals surface area contributed by atoms with Crippen molar-refractivity contribution >= 4 is 17.1 Å². The monoisotopic (exact) mass is 431 g/mol. The maximum atomic E-state index is 13.0. The minimum atomic E-state index is -0.192. The smallest absolute Gasteiger partial charge is 0.277 e. The zero-order valence-electron chi connectivity index (χ0n) is 16.9. The molecule has 31 heavy (non-hydrogen) atoms. The highest BCUT2D eigenvalue weighted by atomic mass is 35.5. The van der Waals surface area contributed by atoms with E-state index in [1.807, 2.05) is 24.3 Å². The molecule has 0 aliphatic rings. The molecule has 5 aromatic rings. The third kappa shape index (κ3) is 3.53. The minimum Gasteiger partial charge on any atom is -0.337 e. The van der Waals surface area contributed by atoms with Gasteiger partial charge in [-0.05, 0) is 49.2 Å². The van der Waals surface area contributed by atoms with E-state index >= 15 is 0 Å². The van der Waals surface area contributed by atoms with Crippen LogP contribution >= 0.6 is 11.6 Å². The van der Waals surface area contributed by atoms with Crippen LogP contribution < -0.4 is 5.56 Å². The van der Waals surface area contributed by atoms with Gasteiger partial charge in [-0.25, -0.2) is 4.52 Å². The largest absolute Gasteiger partial charge is 0.337 e. The first-order valence-corrected chi connectivity index (χ1v) is 10.1. The maximum absolute atomic E-state index is 13.0. The molecule has 0 fully saturated rings. The number of nitrogens with zero attached hydrogens (tertiary/aromatic N) is 5. The molecule has 0 aliphatic heterocycles. The molecule has 7 nitrogen and oxygen atoms in total. The van der Waals surface area contributed by atoms with E-state index < -0.39 is 0 Å². The van der Waals surface area contributed by atoms with Gasteiger partial charge in [-0.3, -0.25) is 4.79 Å². The fourth-order valence-electron chi connectivity index (χ4n) is 3.41. The van der Waals surface area contributed by atoms with Gasteiger partial charge in [-0.2, -0.15) is 10.1 Å². The first-order chi connectivity index (χ1) is 15.0. The van der Waals surface area contributed by atoms with Crippen molar-refractivity contribution in [2.45, 2.75) is 20.4 Å². The van der Waals surface area contributed by atoms with Gasteiger partial charge in [0.2, 0.25) is 11.7 Å². The molecule has 0 saturated heterocycles. The fourth-order valence-corrected chi connectivity index (χ4v) is 3.63. The van der Waals surface area contributed by atoms with Crippen LogP contribution in [0.1, 0.15) is 17.0 Å². The van der Waals surface area contributed by atoms with Crippen molar-refractivity contribution in [2.24, 2.45) is 0 Å². The molecular weight excluding hydrogens is 414 g/mol. The lowest BCUT2D eigenvalue weighted by Crippen LogP contribution is -2.21. The van der Waals surface area contributed by atoms with Gasteiger partial charge in [0.1, 0.15) is 12.1 Å². The predicted molar refractivity (Wildman–Crippen MR) is 118 cm³/mol. The number of halogens is 1. The van der Waals surface area contributed by atoms with Crippen molar-refractivity contribution in [3.63, 3.8) is 0 Å². The van der Waals surface area contributed by atoms with E-state index in [1.165, 1.54) is 15.7 Å². The Labute approximate surface area is 182 Å². The summed E-state index contributed by atoms with van der Waals surface area (Å²) in [4.78, 5) is 17.4. The second kappa shape index (κ2) is 7.52. The summed E-state index contributed by atoms with van der Waals surface area (Å²) < 4.78 is 8.45. The van der Waals surface area contributed by atoms with Gasteiger partial charge in [0, 0.05) is 23.5 Å². The molecule has 0 saturated carbocycles. The molecule has 0 aliphatic carbocycles. The summed E-state index contributed by atoms with van der Waals surface area (Å²) in [6.45, 7) is 4.27. The van der Waals surface area contributed by atoms with Crippen molar-refractivity contribution in [1.82, 2.24) is 24.3 Å². The Balaban J connectivity index is 1.47. The summed E-state index contributed by atoms with van der Waals surface area (Å²) in [7, 11) is 0. The molecule has 154 valence electrons. The molecule has 0 atom stereocenters. The molecule has 0 amide bonds. The third-order valence-corrected chi connectivity index (χ3v) is 5.62. The van der Waals surface area contributed by atoms with E-state index in [4.69, 9.17) is 16.1 Å². The number of benzene rings is 2. The molecule has 3 heterocycles. The average molecular weight is 432 g/mol. The summed E-state index contributed by atoms with van der Waals surface area (Å²) in [6.07, 6.45) is 3.40. The lowest BCUT2D eigenvalue weighted by atomic mass is 10.0. The van der Waals surface area contributed by atoms with Crippen LogP contribution in [0.25, 0.3) is 28.2 Å². The van der Waals surface area contributed by atoms with Crippen LogP contribution in [0, 0.1) is 13.8 Å². The van der Waals surface area contributed by atoms with Crippen molar-refractivity contribution in [3.05, 3.63) is 93.3 Å². The van der Waals surface area contributed by atoms with Gasteiger partial charge >= 0.3 is 0 Å². The molecule has 0 N–H and O–H groups in total. The molecule has 8 heteroatoms. The average Bonchev–Trinajstić information content (AvgIpc) is 3.40. The first-order valence-electron chi connectivity index (χ1n) is 9.73. The highest BCUT2D eigenvalue weighted by Crippen LogP contribution is 2.25. The van der Waals surface area contributed by atoms with Gasteiger partial charge in [-0.1, -0.05) is 41.0 Å². The summed E-state index contributed by atoms with van der Waals surface area (Å²) >= 11 is 6.20.